The average Bonchev–Trinajstić information content (AvgIpc) is 2.53. The minimum Gasteiger partial charge on any atom is -0.489 e. The van der Waals surface area contributed by atoms with Gasteiger partial charge in [0.15, 0.2) is 5.96 Å². The number of aliphatic imine (C=N–C) groups is 1. The number of benzene rings is 2. The summed E-state index contributed by atoms with van der Waals surface area (Å²) in [5.74, 6) is 0.484. The number of guanidine groups is 1. The maximum Gasteiger partial charge on any atom is 0.193 e. The summed E-state index contributed by atoms with van der Waals surface area (Å²) >= 11 is 0. The Morgan fingerprint density at radius 2 is 2.04 bits per heavy atom. The second kappa shape index (κ2) is 8.17. The molecule has 0 saturated heterocycles. The van der Waals surface area contributed by atoms with Crippen LogP contribution in [0.4, 0.5) is 10.1 Å². The predicted octanol–water partition coefficient (Wildman–Crippen LogP) is 3.58. The molecule has 1 atom stereocenters. The number of hydrogen-bond acceptors (Lipinski definition) is 2. The quantitative estimate of drug-likeness (QED) is 0.633. The van der Waals surface area contributed by atoms with E-state index in [0.717, 1.165) is 12.1 Å². The molecule has 0 amide bonds. The molecule has 0 fully saturated rings. The molecule has 0 saturated carbocycles. The van der Waals surface area contributed by atoms with E-state index in [1.54, 1.807) is 12.1 Å². The molecule has 3 N–H and O–H groups in total. The van der Waals surface area contributed by atoms with Crippen LogP contribution in [0.1, 0.15) is 19.4 Å². The van der Waals surface area contributed by atoms with Crippen LogP contribution in [-0.2, 0) is 6.42 Å². The highest BCUT2D eigenvalue weighted by Crippen LogP contribution is 2.14. The van der Waals surface area contributed by atoms with Crippen molar-refractivity contribution in [2.75, 3.05) is 11.9 Å². The fraction of sp³-hybridized carbons (Fsp3) is 0.278. The molecule has 0 aliphatic heterocycles. The van der Waals surface area contributed by atoms with E-state index in [4.69, 9.17) is 10.5 Å². The van der Waals surface area contributed by atoms with E-state index in [2.05, 4.69) is 23.3 Å². The van der Waals surface area contributed by atoms with E-state index in [1.807, 2.05) is 25.1 Å². The molecule has 1 unspecified atom stereocenters. The number of ether oxygens (including phenoxy) is 1. The molecule has 4 nitrogen and oxygen atoms in total. The maximum absolute atomic E-state index is 13.1. The predicted molar refractivity (Wildman–Crippen MR) is 92.4 cm³/mol. The topological polar surface area (TPSA) is 59.6 Å². The van der Waals surface area contributed by atoms with E-state index in [9.17, 15) is 4.39 Å². The van der Waals surface area contributed by atoms with E-state index >= 15 is 0 Å². The van der Waals surface area contributed by atoms with Crippen molar-refractivity contribution >= 4 is 11.6 Å². The smallest absolute Gasteiger partial charge is 0.193 e. The zero-order valence-corrected chi connectivity index (χ0v) is 13.4. The van der Waals surface area contributed by atoms with Crippen LogP contribution in [0.2, 0.25) is 0 Å². The van der Waals surface area contributed by atoms with Crippen LogP contribution in [0.5, 0.6) is 5.75 Å². The van der Waals surface area contributed by atoms with E-state index in [-0.39, 0.29) is 11.9 Å². The Labute approximate surface area is 136 Å². The summed E-state index contributed by atoms with van der Waals surface area (Å²) in [7, 11) is 0. The lowest BCUT2D eigenvalue weighted by Crippen LogP contribution is -2.25. The van der Waals surface area contributed by atoms with Crippen LogP contribution >= 0.6 is 0 Å². The number of nitrogens with one attached hydrogen (secondary N) is 1. The number of nitrogens with zero attached hydrogens (tertiary/aromatic N) is 1. The van der Waals surface area contributed by atoms with Gasteiger partial charge in [-0.3, -0.25) is 0 Å². The van der Waals surface area contributed by atoms with Gasteiger partial charge < -0.3 is 15.8 Å². The fourth-order valence-electron chi connectivity index (χ4n) is 2.09. The lowest BCUT2D eigenvalue weighted by Gasteiger charge is -2.13. The Bertz CT molecular complexity index is 673. The fourth-order valence-corrected chi connectivity index (χ4v) is 2.09. The SMILES string of the molecule is CCc1cccc(NC(N)=NCC(C)Oc2cccc(F)c2)c1. The third-order valence-electron chi connectivity index (χ3n) is 3.26. The number of aryl methyl sites for hydroxylation is 1. The molecule has 5 heteroatoms. The molecule has 23 heavy (non-hydrogen) atoms. The minimum absolute atomic E-state index is 0.209. The first-order chi connectivity index (χ1) is 11.1. The first-order valence-corrected chi connectivity index (χ1v) is 7.65. The highest BCUT2D eigenvalue weighted by molar-refractivity contribution is 5.92. The minimum atomic E-state index is -0.324. The molecular weight excluding hydrogens is 293 g/mol. The van der Waals surface area contributed by atoms with E-state index in [0.29, 0.717) is 18.3 Å². The van der Waals surface area contributed by atoms with Crippen LogP contribution in [0.3, 0.4) is 0 Å². The summed E-state index contributed by atoms with van der Waals surface area (Å²) in [5, 5.41) is 3.06. The van der Waals surface area contributed by atoms with Crippen LogP contribution in [-0.4, -0.2) is 18.6 Å². The summed E-state index contributed by atoms with van der Waals surface area (Å²) in [4.78, 5) is 4.26. The van der Waals surface area contributed by atoms with Crippen molar-refractivity contribution in [1.82, 2.24) is 0 Å². The molecule has 0 heterocycles. The molecule has 0 aromatic heterocycles. The Hall–Kier alpha value is -2.56. The van der Waals surface area contributed by atoms with Crippen molar-refractivity contribution < 1.29 is 9.13 Å². The lowest BCUT2D eigenvalue weighted by atomic mass is 10.1. The van der Waals surface area contributed by atoms with Crippen molar-refractivity contribution in [2.24, 2.45) is 10.7 Å². The monoisotopic (exact) mass is 315 g/mol. The third kappa shape index (κ3) is 5.62. The number of anilines is 1. The van der Waals surface area contributed by atoms with Gasteiger partial charge in [-0.05, 0) is 43.2 Å². The number of halogens is 1. The van der Waals surface area contributed by atoms with Gasteiger partial charge in [-0.1, -0.05) is 25.1 Å². The lowest BCUT2D eigenvalue weighted by molar-refractivity contribution is 0.229. The highest BCUT2D eigenvalue weighted by Gasteiger charge is 2.05. The van der Waals surface area contributed by atoms with Crippen molar-refractivity contribution in [3.8, 4) is 5.75 Å². The average molecular weight is 315 g/mol. The van der Waals surface area contributed by atoms with Gasteiger partial charge in [0.25, 0.3) is 0 Å². The molecule has 122 valence electrons. The number of rotatable bonds is 6. The zero-order chi connectivity index (χ0) is 16.7. The first-order valence-electron chi connectivity index (χ1n) is 7.65. The van der Waals surface area contributed by atoms with Gasteiger partial charge in [-0.15, -0.1) is 0 Å². The normalized spacial score (nSPS) is 12.7. The standard InChI is InChI=1S/C18H22FN3O/c1-3-14-6-4-8-16(10-14)22-18(20)21-12-13(2)23-17-9-5-7-15(19)11-17/h4-11,13H,3,12H2,1-2H3,(H3,20,21,22). The Morgan fingerprint density at radius 1 is 1.26 bits per heavy atom. The zero-order valence-electron chi connectivity index (χ0n) is 13.4. The summed E-state index contributed by atoms with van der Waals surface area (Å²) in [5.41, 5.74) is 8.02. The molecule has 0 aliphatic carbocycles. The van der Waals surface area contributed by atoms with Gasteiger partial charge in [0.2, 0.25) is 0 Å². The molecular formula is C18H22FN3O. The van der Waals surface area contributed by atoms with Crippen LogP contribution in [0.15, 0.2) is 53.5 Å². The third-order valence-corrected chi connectivity index (χ3v) is 3.26. The number of hydrogen-bond donors (Lipinski definition) is 2. The Balaban J connectivity index is 1.88. The van der Waals surface area contributed by atoms with Gasteiger partial charge in [0, 0.05) is 11.8 Å². The molecule has 0 aliphatic rings. The first kappa shape index (κ1) is 16.8. The molecule has 2 aromatic rings. The van der Waals surface area contributed by atoms with Crippen molar-refractivity contribution in [1.29, 1.82) is 0 Å². The molecule has 0 bridgehead atoms. The van der Waals surface area contributed by atoms with Crippen molar-refractivity contribution in [2.45, 2.75) is 26.4 Å². The maximum atomic E-state index is 13.1. The molecule has 2 aromatic carbocycles. The molecule has 0 radical (unpaired) electrons. The Kier molecular flexibility index (Phi) is 5.97. The summed E-state index contributed by atoms with van der Waals surface area (Å²) in [6, 6.07) is 14.1. The second-order valence-corrected chi connectivity index (χ2v) is 5.29. The van der Waals surface area contributed by atoms with Crippen LogP contribution in [0.25, 0.3) is 0 Å². The highest BCUT2D eigenvalue weighted by atomic mass is 19.1. The van der Waals surface area contributed by atoms with E-state index < -0.39 is 0 Å². The summed E-state index contributed by atoms with van der Waals surface area (Å²) < 4.78 is 18.7. The van der Waals surface area contributed by atoms with Crippen LogP contribution in [0, 0.1) is 5.82 Å². The molecule has 2 rings (SSSR count). The van der Waals surface area contributed by atoms with Gasteiger partial charge >= 0.3 is 0 Å². The van der Waals surface area contributed by atoms with Crippen molar-refractivity contribution in [3.63, 3.8) is 0 Å². The van der Waals surface area contributed by atoms with Gasteiger partial charge in [-0.2, -0.15) is 0 Å². The molecule has 0 spiro atoms. The second-order valence-electron chi connectivity index (χ2n) is 5.29. The summed E-state index contributed by atoms with van der Waals surface area (Å²) in [6.07, 6.45) is 0.754. The van der Waals surface area contributed by atoms with Crippen LogP contribution < -0.4 is 15.8 Å². The van der Waals surface area contributed by atoms with Gasteiger partial charge in [-0.25, -0.2) is 9.38 Å². The summed E-state index contributed by atoms with van der Waals surface area (Å²) in [6.45, 7) is 4.34. The van der Waals surface area contributed by atoms with Gasteiger partial charge in [0.1, 0.15) is 17.7 Å². The van der Waals surface area contributed by atoms with E-state index in [1.165, 1.54) is 17.7 Å². The largest absolute Gasteiger partial charge is 0.489 e. The number of nitrogens with two attached hydrogens (primary N) is 1. The van der Waals surface area contributed by atoms with Crippen molar-refractivity contribution in [3.05, 3.63) is 59.9 Å². The Morgan fingerprint density at radius 3 is 2.78 bits per heavy atom. The van der Waals surface area contributed by atoms with Gasteiger partial charge in [0.05, 0.1) is 6.54 Å².